The molecule has 2 aliphatic carbocycles. The molecule has 2 aromatic carbocycles. The van der Waals surface area contributed by atoms with Crippen molar-refractivity contribution < 1.29 is 14.6 Å². The quantitative estimate of drug-likeness (QED) is 0.642. The van der Waals surface area contributed by atoms with E-state index in [1.54, 1.807) is 7.11 Å². The van der Waals surface area contributed by atoms with Crippen LogP contribution < -0.4 is 10.1 Å². The van der Waals surface area contributed by atoms with Crippen LogP contribution in [0.3, 0.4) is 0 Å². The maximum atomic E-state index is 13.5. The fourth-order valence-electron chi connectivity index (χ4n) is 6.27. The Hall–Kier alpha value is -2.37. The van der Waals surface area contributed by atoms with Gasteiger partial charge in [0.15, 0.2) is 5.60 Å². The maximum Gasteiger partial charge on any atom is 0.256 e. The van der Waals surface area contributed by atoms with Gasteiger partial charge in [0.25, 0.3) is 5.91 Å². The molecule has 2 N–H and O–H groups in total. The molecule has 1 aliphatic heterocycles. The molecule has 5 heteroatoms. The van der Waals surface area contributed by atoms with Gasteiger partial charge in [-0.1, -0.05) is 61.7 Å². The number of carbonyl (C=O) groups excluding carboxylic acids is 1. The molecule has 2 aromatic rings. The van der Waals surface area contributed by atoms with Crippen molar-refractivity contribution in [3.63, 3.8) is 0 Å². The Labute approximate surface area is 197 Å². The number of ether oxygens (including phenoxy) is 1. The van der Waals surface area contributed by atoms with Gasteiger partial charge in [-0.15, -0.1) is 0 Å². The third-order valence-electron chi connectivity index (χ3n) is 8.27. The van der Waals surface area contributed by atoms with Gasteiger partial charge in [0.1, 0.15) is 5.75 Å². The Balaban J connectivity index is 1.20. The Morgan fingerprint density at radius 3 is 2.33 bits per heavy atom. The van der Waals surface area contributed by atoms with Crippen molar-refractivity contribution >= 4 is 5.91 Å². The van der Waals surface area contributed by atoms with Crippen molar-refractivity contribution in [1.82, 2.24) is 10.2 Å². The van der Waals surface area contributed by atoms with E-state index in [2.05, 4.69) is 40.5 Å². The van der Waals surface area contributed by atoms with Crippen LogP contribution in [0.15, 0.2) is 54.6 Å². The highest BCUT2D eigenvalue weighted by molar-refractivity contribution is 5.86. The van der Waals surface area contributed by atoms with Crippen molar-refractivity contribution in [3.05, 3.63) is 65.7 Å². The number of nitrogens with zero attached hydrogens (tertiary/aromatic N) is 1. The average Bonchev–Trinajstić information content (AvgIpc) is 3.33. The second-order valence-electron chi connectivity index (χ2n) is 10.2. The normalized spacial score (nSPS) is 26.9. The van der Waals surface area contributed by atoms with E-state index in [0.717, 1.165) is 51.1 Å². The van der Waals surface area contributed by atoms with E-state index in [4.69, 9.17) is 4.74 Å². The Bertz CT molecular complexity index is 929. The number of carbonyl (C=O) groups is 1. The van der Waals surface area contributed by atoms with E-state index in [-0.39, 0.29) is 11.8 Å². The fraction of sp³-hybridized carbons (Fsp3) is 0.536. The summed E-state index contributed by atoms with van der Waals surface area (Å²) in [4.78, 5) is 16.0. The predicted molar refractivity (Wildman–Crippen MR) is 129 cm³/mol. The second-order valence-corrected chi connectivity index (χ2v) is 10.2. The Morgan fingerprint density at radius 1 is 1.03 bits per heavy atom. The lowest BCUT2D eigenvalue weighted by Gasteiger charge is -2.37. The molecule has 2 saturated carbocycles. The summed E-state index contributed by atoms with van der Waals surface area (Å²) >= 11 is 0. The summed E-state index contributed by atoms with van der Waals surface area (Å²) in [6, 6.07) is 18.0. The molecule has 176 valence electrons. The lowest BCUT2D eigenvalue weighted by atomic mass is 9.72. The molecule has 3 fully saturated rings. The number of hydrogen-bond donors (Lipinski definition) is 2. The summed E-state index contributed by atoms with van der Waals surface area (Å²) in [5.41, 5.74) is 0.564. The first-order chi connectivity index (χ1) is 16.1. The molecule has 0 radical (unpaired) electrons. The van der Waals surface area contributed by atoms with Gasteiger partial charge in [0.2, 0.25) is 0 Å². The van der Waals surface area contributed by atoms with Crippen LogP contribution in [0.1, 0.15) is 43.2 Å². The predicted octanol–water partition coefficient (Wildman–Crippen LogP) is 3.96. The summed E-state index contributed by atoms with van der Waals surface area (Å²) in [7, 11) is 1.63. The van der Waals surface area contributed by atoms with Gasteiger partial charge >= 0.3 is 0 Å². The lowest BCUT2D eigenvalue weighted by Crippen LogP contribution is -2.50. The first-order valence-electron chi connectivity index (χ1n) is 12.5. The van der Waals surface area contributed by atoms with Crippen molar-refractivity contribution in [2.24, 2.45) is 23.7 Å². The zero-order valence-corrected chi connectivity index (χ0v) is 19.6. The first-order valence-corrected chi connectivity index (χ1v) is 12.5. The molecule has 3 aliphatic rings. The van der Waals surface area contributed by atoms with Gasteiger partial charge in [0, 0.05) is 32.1 Å². The molecule has 4 atom stereocenters. The number of methoxy groups -OCH3 is 1. The van der Waals surface area contributed by atoms with E-state index >= 15 is 0 Å². The van der Waals surface area contributed by atoms with Crippen molar-refractivity contribution in [2.75, 3.05) is 26.7 Å². The summed E-state index contributed by atoms with van der Waals surface area (Å²) in [5.74, 6) is 2.32. The Kier molecular flexibility index (Phi) is 6.44. The largest absolute Gasteiger partial charge is 0.497 e. The standard InChI is InChI=1S/C28H36N2O3/c1-33-23-14-12-22(13-15-23)28(32,21-10-6-3-7-11-21)27(31)29-16-24-25-18-30(19-26(24)25)17-20-8-4-2-5-9-20/h2,4-5,8-9,12-15,21,24-26,32H,3,6-7,10-11,16-19H2,1H3,(H,29,31)/t24?,25-,26+,28?. The number of nitrogens with one attached hydrogen (secondary N) is 1. The summed E-state index contributed by atoms with van der Waals surface area (Å²) in [6.45, 7) is 3.88. The lowest BCUT2D eigenvalue weighted by molar-refractivity contribution is -0.149. The topological polar surface area (TPSA) is 61.8 Å². The molecule has 2 unspecified atom stereocenters. The molecule has 5 rings (SSSR count). The molecule has 1 amide bonds. The van der Waals surface area contributed by atoms with E-state index < -0.39 is 5.60 Å². The first kappa shape index (κ1) is 22.4. The van der Waals surface area contributed by atoms with Crippen molar-refractivity contribution in [1.29, 1.82) is 0 Å². The Morgan fingerprint density at radius 2 is 1.70 bits per heavy atom. The van der Waals surface area contributed by atoms with Gasteiger partial charge in [-0.3, -0.25) is 9.69 Å². The van der Waals surface area contributed by atoms with Gasteiger partial charge in [-0.25, -0.2) is 0 Å². The molecule has 0 aromatic heterocycles. The van der Waals surface area contributed by atoms with E-state index in [9.17, 15) is 9.90 Å². The van der Waals surface area contributed by atoms with E-state index in [1.165, 1.54) is 12.0 Å². The summed E-state index contributed by atoms with van der Waals surface area (Å²) < 4.78 is 5.28. The van der Waals surface area contributed by atoms with E-state index in [0.29, 0.717) is 29.9 Å². The number of likely N-dealkylation sites (tertiary alicyclic amines) is 1. The molecule has 1 saturated heterocycles. The second kappa shape index (κ2) is 9.47. The minimum Gasteiger partial charge on any atom is -0.497 e. The fourth-order valence-corrected chi connectivity index (χ4v) is 6.27. The molecule has 1 heterocycles. The monoisotopic (exact) mass is 448 g/mol. The van der Waals surface area contributed by atoms with Gasteiger partial charge < -0.3 is 15.2 Å². The van der Waals surface area contributed by atoms with Crippen LogP contribution in [0.4, 0.5) is 0 Å². The van der Waals surface area contributed by atoms with Gasteiger partial charge in [0.05, 0.1) is 7.11 Å². The minimum absolute atomic E-state index is 0.0419. The van der Waals surface area contributed by atoms with Crippen LogP contribution in [0.2, 0.25) is 0 Å². The average molecular weight is 449 g/mol. The highest BCUT2D eigenvalue weighted by Crippen LogP contribution is 2.51. The highest BCUT2D eigenvalue weighted by atomic mass is 16.5. The number of fused-ring (bicyclic) bond motifs is 1. The zero-order valence-electron chi connectivity index (χ0n) is 19.6. The molecule has 0 bridgehead atoms. The number of aliphatic hydroxyl groups is 1. The number of benzene rings is 2. The van der Waals surface area contributed by atoms with Crippen molar-refractivity contribution in [3.8, 4) is 5.75 Å². The summed E-state index contributed by atoms with van der Waals surface area (Å²) in [5, 5.41) is 15.0. The van der Waals surface area contributed by atoms with E-state index in [1.807, 2.05) is 24.3 Å². The van der Waals surface area contributed by atoms with Crippen LogP contribution in [-0.4, -0.2) is 42.7 Å². The number of rotatable bonds is 8. The van der Waals surface area contributed by atoms with Crippen LogP contribution in [-0.2, 0) is 16.9 Å². The van der Waals surface area contributed by atoms with Gasteiger partial charge in [-0.2, -0.15) is 0 Å². The highest BCUT2D eigenvalue weighted by Gasteiger charge is 2.55. The third-order valence-corrected chi connectivity index (χ3v) is 8.27. The van der Waals surface area contributed by atoms with Crippen molar-refractivity contribution in [2.45, 2.75) is 44.2 Å². The SMILES string of the molecule is COc1ccc(C(O)(C(=O)NCC2[C@H]3CN(Cc4ccccc4)C[C@@H]23)C2CCCCC2)cc1. The van der Waals surface area contributed by atoms with Crippen LogP contribution in [0.5, 0.6) is 5.75 Å². The summed E-state index contributed by atoms with van der Waals surface area (Å²) in [6.07, 6.45) is 5.10. The number of hydrogen-bond acceptors (Lipinski definition) is 4. The smallest absolute Gasteiger partial charge is 0.256 e. The van der Waals surface area contributed by atoms with Crippen LogP contribution >= 0.6 is 0 Å². The maximum absolute atomic E-state index is 13.5. The van der Waals surface area contributed by atoms with Crippen LogP contribution in [0.25, 0.3) is 0 Å². The minimum atomic E-state index is -1.48. The van der Waals surface area contributed by atoms with Gasteiger partial charge in [-0.05, 0) is 53.9 Å². The number of piperidine rings is 1. The molecular formula is C28H36N2O3. The number of amides is 1. The third kappa shape index (κ3) is 4.53. The molecule has 0 spiro atoms. The molecule has 33 heavy (non-hydrogen) atoms. The molecular weight excluding hydrogens is 412 g/mol. The molecule has 5 nitrogen and oxygen atoms in total. The zero-order chi connectivity index (χ0) is 22.8. The van der Waals surface area contributed by atoms with Crippen LogP contribution in [0, 0.1) is 23.7 Å².